The summed E-state index contributed by atoms with van der Waals surface area (Å²) in [5.41, 5.74) is -1.26. The average molecular weight is 373 g/mol. The molecule has 0 radical (unpaired) electrons. The fourth-order valence-corrected chi connectivity index (χ4v) is 2.59. The first-order valence-electron chi connectivity index (χ1n) is 9.09. The SMILES string of the molecule is CN=C(NCC(C)(C)NC(=O)OC(C)(C)C)NCC1(OC)CCOCC1. The van der Waals surface area contributed by atoms with Crippen LogP contribution in [0.15, 0.2) is 4.99 Å². The molecule has 8 nitrogen and oxygen atoms in total. The first-order valence-corrected chi connectivity index (χ1v) is 9.09. The van der Waals surface area contributed by atoms with Crippen LogP contribution in [0.5, 0.6) is 0 Å². The number of aliphatic imine (C=N–C) groups is 1. The zero-order chi connectivity index (χ0) is 19.8. The van der Waals surface area contributed by atoms with Crippen molar-refractivity contribution in [3.8, 4) is 0 Å². The second kappa shape index (κ2) is 9.41. The fourth-order valence-electron chi connectivity index (χ4n) is 2.59. The number of guanidine groups is 1. The topological polar surface area (TPSA) is 93.2 Å². The van der Waals surface area contributed by atoms with Gasteiger partial charge < -0.3 is 30.2 Å². The maximum Gasteiger partial charge on any atom is 0.408 e. The van der Waals surface area contributed by atoms with Crippen LogP contribution in [0.2, 0.25) is 0 Å². The number of alkyl carbamates (subject to hydrolysis) is 1. The molecule has 0 aromatic heterocycles. The van der Waals surface area contributed by atoms with Crippen molar-refractivity contribution >= 4 is 12.1 Å². The van der Waals surface area contributed by atoms with Crippen LogP contribution in [0.1, 0.15) is 47.5 Å². The fraction of sp³-hybridized carbons (Fsp3) is 0.889. The molecule has 26 heavy (non-hydrogen) atoms. The zero-order valence-electron chi connectivity index (χ0n) is 17.3. The third kappa shape index (κ3) is 8.23. The van der Waals surface area contributed by atoms with Gasteiger partial charge >= 0.3 is 6.09 Å². The van der Waals surface area contributed by atoms with E-state index in [9.17, 15) is 4.79 Å². The number of methoxy groups -OCH3 is 1. The number of nitrogens with one attached hydrogen (secondary N) is 3. The molecular weight excluding hydrogens is 336 g/mol. The van der Waals surface area contributed by atoms with E-state index >= 15 is 0 Å². The minimum Gasteiger partial charge on any atom is -0.444 e. The number of rotatable bonds is 6. The Morgan fingerprint density at radius 2 is 1.77 bits per heavy atom. The third-order valence-electron chi connectivity index (χ3n) is 4.18. The van der Waals surface area contributed by atoms with Gasteiger partial charge in [0, 0.05) is 53.3 Å². The van der Waals surface area contributed by atoms with Crippen LogP contribution in [0, 0.1) is 0 Å². The summed E-state index contributed by atoms with van der Waals surface area (Å²) < 4.78 is 16.4. The minimum atomic E-state index is -0.524. The van der Waals surface area contributed by atoms with Gasteiger partial charge in [0.15, 0.2) is 5.96 Å². The number of hydrogen-bond acceptors (Lipinski definition) is 5. The van der Waals surface area contributed by atoms with Crippen LogP contribution in [0.3, 0.4) is 0 Å². The van der Waals surface area contributed by atoms with E-state index < -0.39 is 17.2 Å². The second-order valence-corrected chi connectivity index (χ2v) is 8.29. The van der Waals surface area contributed by atoms with E-state index in [1.165, 1.54) is 0 Å². The first kappa shape index (κ1) is 22.5. The molecule has 1 amide bonds. The standard InChI is InChI=1S/C18H36N4O4/c1-16(2,3)26-15(23)22-17(4,5)12-20-14(19-6)21-13-18(24-7)8-10-25-11-9-18/h8-13H2,1-7H3,(H,22,23)(H2,19,20,21). The molecule has 0 unspecified atom stereocenters. The molecule has 152 valence electrons. The lowest BCUT2D eigenvalue weighted by Crippen LogP contribution is -2.56. The normalized spacial score (nSPS) is 18.2. The van der Waals surface area contributed by atoms with Gasteiger partial charge in [0.25, 0.3) is 0 Å². The van der Waals surface area contributed by atoms with E-state index in [0.29, 0.717) is 32.3 Å². The predicted molar refractivity (Wildman–Crippen MR) is 103 cm³/mol. The first-order chi connectivity index (χ1) is 12.0. The monoisotopic (exact) mass is 372 g/mol. The number of ether oxygens (including phenoxy) is 3. The Morgan fingerprint density at radius 1 is 1.15 bits per heavy atom. The molecule has 0 spiro atoms. The van der Waals surface area contributed by atoms with E-state index in [0.717, 1.165) is 12.8 Å². The Balaban J connectivity index is 2.48. The van der Waals surface area contributed by atoms with Crippen molar-refractivity contribution in [1.82, 2.24) is 16.0 Å². The van der Waals surface area contributed by atoms with E-state index in [1.807, 2.05) is 34.6 Å². The molecule has 1 rings (SSSR count). The Bertz CT molecular complexity index is 480. The van der Waals surface area contributed by atoms with Gasteiger partial charge in [0.1, 0.15) is 5.60 Å². The summed E-state index contributed by atoms with van der Waals surface area (Å²) in [5.74, 6) is 0.659. The largest absolute Gasteiger partial charge is 0.444 e. The van der Waals surface area contributed by atoms with Crippen LogP contribution < -0.4 is 16.0 Å². The highest BCUT2D eigenvalue weighted by atomic mass is 16.6. The lowest BCUT2D eigenvalue weighted by Gasteiger charge is -2.36. The molecule has 1 fully saturated rings. The summed E-state index contributed by atoms with van der Waals surface area (Å²) in [6.07, 6.45) is 1.26. The number of hydrogen-bond donors (Lipinski definition) is 3. The van der Waals surface area contributed by atoms with Crippen molar-refractivity contribution in [2.75, 3.05) is 40.5 Å². The summed E-state index contributed by atoms with van der Waals surface area (Å²) in [6, 6.07) is 0. The molecule has 1 heterocycles. The smallest absolute Gasteiger partial charge is 0.408 e. The van der Waals surface area contributed by atoms with Crippen LogP contribution in [0.25, 0.3) is 0 Å². The minimum absolute atomic E-state index is 0.236. The Morgan fingerprint density at radius 3 is 2.27 bits per heavy atom. The van der Waals surface area contributed by atoms with Crippen LogP contribution in [0.4, 0.5) is 4.79 Å². The van der Waals surface area contributed by atoms with Gasteiger partial charge in [-0.15, -0.1) is 0 Å². The van der Waals surface area contributed by atoms with Gasteiger partial charge in [0.05, 0.1) is 11.1 Å². The van der Waals surface area contributed by atoms with Crippen molar-refractivity contribution in [3.05, 3.63) is 0 Å². The van der Waals surface area contributed by atoms with Gasteiger partial charge in [-0.05, 0) is 34.6 Å². The van der Waals surface area contributed by atoms with E-state index in [2.05, 4.69) is 20.9 Å². The van der Waals surface area contributed by atoms with Crippen LogP contribution in [-0.4, -0.2) is 69.3 Å². The quantitative estimate of drug-likeness (QED) is 0.485. The Kier molecular flexibility index (Phi) is 8.15. The third-order valence-corrected chi connectivity index (χ3v) is 4.18. The molecule has 3 N–H and O–H groups in total. The van der Waals surface area contributed by atoms with E-state index in [-0.39, 0.29) is 5.60 Å². The molecule has 0 aromatic carbocycles. The highest BCUT2D eigenvalue weighted by Crippen LogP contribution is 2.23. The molecule has 0 aliphatic carbocycles. The molecule has 1 aliphatic heterocycles. The Hall–Kier alpha value is -1.54. The van der Waals surface area contributed by atoms with Crippen molar-refractivity contribution in [3.63, 3.8) is 0 Å². The van der Waals surface area contributed by atoms with Gasteiger partial charge in [-0.3, -0.25) is 4.99 Å². The lowest BCUT2D eigenvalue weighted by atomic mass is 9.94. The second-order valence-electron chi connectivity index (χ2n) is 8.29. The summed E-state index contributed by atoms with van der Waals surface area (Å²) in [4.78, 5) is 16.2. The van der Waals surface area contributed by atoms with Crippen molar-refractivity contribution in [2.45, 2.75) is 64.2 Å². The molecule has 0 saturated carbocycles. The molecule has 0 bridgehead atoms. The molecule has 1 saturated heterocycles. The molecule has 8 heteroatoms. The summed E-state index contributed by atoms with van der Waals surface area (Å²) in [5, 5.41) is 9.42. The van der Waals surface area contributed by atoms with Crippen LogP contribution in [-0.2, 0) is 14.2 Å². The number of carbonyl (C=O) groups is 1. The number of carbonyl (C=O) groups excluding carboxylic acids is 1. The number of nitrogens with zero attached hydrogens (tertiary/aromatic N) is 1. The molecule has 0 atom stereocenters. The van der Waals surface area contributed by atoms with Gasteiger partial charge in [-0.25, -0.2) is 4.79 Å². The highest BCUT2D eigenvalue weighted by molar-refractivity contribution is 5.80. The van der Waals surface area contributed by atoms with Crippen molar-refractivity contribution < 1.29 is 19.0 Å². The lowest BCUT2D eigenvalue weighted by molar-refractivity contribution is -0.0855. The highest BCUT2D eigenvalue weighted by Gasteiger charge is 2.32. The van der Waals surface area contributed by atoms with Gasteiger partial charge in [-0.2, -0.15) is 0 Å². The molecular formula is C18H36N4O4. The maximum absolute atomic E-state index is 12.0. The predicted octanol–water partition coefficient (Wildman–Crippen LogP) is 1.65. The summed E-state index contributed by atoms with van der Waals surface area (Å²) in [7, 11) is 3.45. The van der Waals surface area contributed by atoms with Crippen molar-refractivity contribution in [1.29, 1.82) is 0 Å². The van der Waals surface area contributed by atoms with E-state index in [1.54, 1.807) is 14.2 Å². The van der Waals surface area contributed by atoms with Gasteiger partial charge in [0.2, 0.25) is 0 Å². The molecule has 0 aromatic rings. The van der Waals surface area contributed by atoms with Crippen molar-refractivity contribution in [2.24, 2.45) is 4.99 Å². The summed E-state index contributed by atoms with van der Waals surface area (Å²) >= 11 is 0. The molecule has 1 aliphatic rings. The van der Waals surface area contributed by atoms with E-state index in [4.69, 9.17) is 14.2 Å². The zero-order valence-corrected chi connectivity index (χ0v) is 17.3. The van der Waals surface area contributed by atoms with Crippen LogP contribution >= 0.6 is 0 Å². The maximum atomic E-state index is 12.0. The Labute approximate surface area is 157 Å². The van der Waals surface area contributed by atoms with Gasteiger partial charge in [-0.1, -0.05) is 0 Å². The summed E-state index contributed by atoms with van der Waals surface area (Å²) in [6.45, 7) is 11.9. The number of amides is 1. The average Bonchev–Trinajstić information content (AvgIpc) is 2.53.